The summed E-state index contributed by atoms with van der Waals surface area (Å²) in [6, 6.07) is 1.92. The van der Waals surface area contributed by atoms with Gasteiger partial charge >= 0.3 is 0 Å². The summed E-state index contributed by atoms with van der Waals surface area (Å²) in [5.41, 5.74) is 0. The highest BCUT2D eigenvalue weighted by Crippen LogP contribution is 2.17. The summed E-state index contributed by atoms with van der Waals surface area (Å²) < 4.78 is 0. The van der Waals surface area contributed by atoms with Gasteiger partial charge in [-0.3, -0.25) is 4.79 Å². The first-order chi connectivity index (χ1) is 8.79. The molecule has 1 aromatic rings. The number of nitrogens with zero attached hydrogens (tertiary/aromatic N) is 3. The molecule has 18 heavy (non-hydrogen) atoms. The Bertz CT molecular complexity index is 408. The molecule has 0 spiro atoms. The van der Waals surface area contributed by atoms with Crippen molar-refractivity contribution in [2.75, 3.05) is 29.9 Å². The van der Waals surface area contributed by atoms with Crippen LogP contribution in [0, 0.1) is 0 Å². The number of Topliss-reactive ketones (excluding diaryl/α,β-unsaturated/α-hetero) is 1. The van der Waals surface area contributed by atoms with Crippen molar-refractivity contribution in [3.8, 4) is 0 Å². The van der Waals surface area contributed by atoms with Crippen LogP contribution in [-0.4, -0.2) is 35.4 Å². The maximum Gasteiger partial charge on any atom is 0.152 e. The van der Waals surface area contributed by atoms with E-state index in [9.17, 15) is 4.79 Å². The molecule has 2 heterocycles. The summed E-state index contributed by atoms with van der Waals surface area (Å²) >= 11 is 0. The second-order valence-electron chi connectivity index (χ2n) is 4.61. The minimum absolute atomic E-state index is 0.292. The highest BCUT2D eigenvalue weighted by Gasteiger charge is 2.18. The number of rotatable bonds is 5. The number of unbranched alkanes of at least 4 members (excludes halogenated alkanes) is 1. The molecule has 1 aliphatic heterocycles. The van der Waals surface area contributed by atoms with Crippen LogP contribution in [0.25, 0.3) is 0 Å². The van der Waals surface area contributed by atoms with Crippen LogP contribution in [0.3, 0.4) is 0 Å². The fourth-order valence-electron chi connectivity index (χ4n) is 2.04. The van der Waals surface area contributed by atoms with Gasteiger partial charge in [-0.15, -0.1) is 0 Å². The fourth-order valence-corrected chi connectivity index (χ4v) is 2.04. The van der Waals surface area contributed by atoms with Crippen LogP contribution in [0.2, 0.25) is 0 Å². The number of carbonyl (C=O) groups excluding carboxylic acids is 1. The monoisotopic (exact) mass is 248 g/mol. The van der Waals surface area contributed by atoms with E-state index in [1.807, 2.05) is 11.0 Å². The summed E-state index contributed by atoms with van der Waals surface area (Å²) in [4.78, 5) is 21.9. The quantitative estimate of drug-likeness (QED) is 0.806. The zero-order chi connectivity index (χ0) is 12.8. The molecule has 1 aromatic heterocycles. The molecule has 0 saturated carbocycles. The van der Waals surface area contributed by atoms with E-state index in [4.69, 9.17) is 0 Å². The normalized spacial score (nSPS) is 15.8. The first kappa shape index (κ1) is 12.8. The molecular formula is C13H20N4O. The van der Waals surface area contributed by atoms with E-state index in [-0.39, 0.29) is 0 Å². The summed E-state index contributed by atoms with van der Waals surface area (Å²) in [7, 11) is 0. The van der Waals surface area contributed by atoms with Crippen molar-refractivity contribution in [3.05, 3.63) is 12.4 Å². The number of nitrogens with one attached hydrogen (secondary N) is 1. The van der Waals surface area contributed by atoms with Crippen molar-refractivity contribution in [2.45, 2.75) is 32.6 Å². The Balaban J connectivity index is 1.99. The number of piperidine rings is 1. The number of hydrogen-bond acceptors (Lipinski definition) is 5. The average Bonchev–Trinajstić information content (AvgIpc) is 2.39. The Morgan fingerprint density at radius 3 is 3.11 bits per heavy atom. The highest BCUT2D eigenvalue weighted by atomic mass is 16.1. The Kier molecular flexibility index (Phi) is 4.50. The van der Waals surface area contributed by atoms with E-state index in [1.54, 1.807) is 6.33 Å². The van der Waals surface area contributed by atoms with Gasteiger partial charge in [-0.05, 0) is 12.8 Å². The molecule has 1 saturated heterocycles. The van der Waals surface area contributed by atoms with Crippen molar-refractivity contribution in [1.82, 2.24) is 9.97 Å². The van der Waals surface area contributed by atoms with Gasteiger partial charge in [0.1, 0.15) is 18.0 Å². The first-order valence-electron chi connectivity index (χ1n) is 6.62. The standard InChI is InChI=1S/C13H20N4O/c1-2-3-6-14-12-8-13(16-10-15-12)17-7-4-5-11(18)9-17/h8,10H,2-7,9H2,1H3,(H,14,15,16). The molecular weight excluding hydrogens is 228 g/mol. The Hall–Kier alpha value is -1.65. The Labute approximate surface area is 108 Å². The third-order valence-corrected chi connectivity index (χ3v) is 3.06. The molecule has 0 radical (unpaired) electrons. The lowest BCUT2D eigenvalue weighted by molar-refractivity contribution is -0.118. The molecule has 2 rings (SSSR count). The van der Waals surface area contributed by atoms with Crippen LogP contribution in [0.5, 0.6) is 0 Å². The number of carbonyl (C=O) groups is 1. The van der Waals surface area contributed by atoms with E-state index >= 15 is 0 Å². The lowest BCUT2D eigenvalue weighted by atomic mass is 10.1. The van der Waals surface area contributed by atoms with Crippen LogP contribution in [0.4, 0.5) is 11.6 Å². The smallest absolute Gasteiger partial charge is 0.152 e. The van der Waals surface area contributed by atoms with Gasteiger partial charge in [-0.1, -0.05) is 13.3 Å². The molecule has 0 aliphatic carbocycles. The predicted molar refractivity (Wildman–Crippen MR) is 71.9 cm³/mol. The first-order valence-corrected chi connectivity index (χ1v) is 6.62. The maximum absolute atomic E-state index is 11.4. The van der Waals surface area contributed by atoms with Crippen molar-refractivity contribution < 1.29 is 4.79 Å². The molecule has 1 fully saturated rings. The zero-order valence-electron chi connectivity index (χ0n) is 10.9. The number of anilines is 2. The minimum Gasteiger partial charge on any atom is -0.370 e. The molecule has 1 N–H and O–H groups in total. The van der Waals surface area contributed by atoms with E-state index < -0.39 is 0 Å². The summed E-state index contributed by atoms with van der Waals surface area (Å²) in [6.45, 7) is 4.46. The second-order valence-corrected chi connectivity index (χ2v) is 4.61. The highest BCUT2D eigenvalue weighted by molar-refractivity contribution is 5.84. The van der Waals surface area contributed by atoms with E-state index in [0.29, 0.717) is 18.7 Å². The largest absolute Gasteiger partial charge is 0.370 e. The molecule has 1 aliphatic rings. The Morgan fingerprint density at radius 2 is 2.33 bits per heavy atom. The lowest BCUT2D eigenvalue weighted by Gasteiger charge is -2.26. The summed E-state index contributed by atoms with van der Waals surface area (Å²) in [5.74, 6) is 1.98. The number of aromatic nitrogens is 2. The number of ketones is 1. The summed E-state index contributed by atoms with van der Waals surface area (Å²) in [5, 5.41) is 3.27. The number of hydrogen-bond donors (Lipinski definition) is 1. The second kappa shape index (κ2) is 6.33. The van der Waals surface area contributed by atoms with Gasteiger partial charge < -0.3 is 10.2 Å². The van der Waals surface area contributed by atoms with Crippen molar-refractivity contribution in [2.24, 2.45) is 0 Å². The molecule has 0 aromatic carbocycles. The molecule has 5 nitrogen and oxygen atoms in total. The molecule has 0 amide bonds. The maximum atomic E-state index is 11.4. The van der Waals surface area contributed by atoms with Gasteiger partial charge in [0.05, 0.1) is 6.54 Å². The van der Waals surface area contributed by atoms with Crippen LogP contribution in [-0.2, 0) is 4.79 Å². The van der Waals surface area contributed by atoms with Gasteiger partial charge in [-0.25, -0.2) is 9.97 Å². The molecule has 0 unspecified atom stereocenters. The van der Waals surface area contributed by atoms with E-state index in [1.165, 1.54) is 0 Å². The lowest BCUT2D eigenvalue weighted by Crippen LogP contribution is -2.36. The van der Waals surface area contributed by atoms with Gasteiger partial charge in [0, 0.05) is 25.6 Å². The van der Waals surface area contributed by atoms with Crippen molar-refractivity contribution in [3.63, 3.8) is 0 Å². The average molecular weight is 248 g/mol. The molecule has 0 bridgehead atoms. The molecule has 0 atom stereocenters. The topological polar surface area (TPSA) is 58.1 Å². The van der Waals surface area contributed by atoms with Gasteiger partial charge in [0.2, 0.25) is 0 Å². The predicted octanol–water partition coefficient (Wildman–Crippen LogP) is 1.86. The molecule has 5 heteroatoms. The SMILES string of the molecule is CCCCNc1cc(N2CCCC(=O)C2)ncn1. The van der Waals surface area contributed by atoms with Crippen LogP contribution < -0.4 is 10.2 Å². The molecule has 98 valence electrons. The van der Waals surface area contributed by atoms with Crippen LogP contribution >= 0.6 is 0 Å². The third kappa shape index (κ3) is 3.42. The zero-order valence-corrected chi connectivity index (χ0v) is 10.9. The van der Waals surface area contributed by atoms with E-state index in [2.05, 4.69) is 22.2 Å². The third-order valence-electron chi connectivity index (χ3n) is 3.06. The Morgan fingerprint density at radius 1 is 1.44 bits per heavy atom. The van der Waals surface area contributed by atoms with Gasteiger partial charge in [0.25, 0.3) is 0 Å². The van der Waals surface area contributed by atoms with Crippen LogP contribution in [0.15, 0.2) is 12.4 Å². The van der Waals surface area contributed by atoms with E-state index in [0.717, 1.165) is 44.0 Å². The van der Waals surface area contributed by atoms with Crippen molar-refractivity contribution >= 4 is 17.4 Å². The van der Waals surface area contributed by atoms with Gasteiger partial charge in [0.15, 0.2) is 5.78 Å². The van der Waals surface area contributed by atoms with Crippen molar-refractivity contribution in [1.29, 1.82) is 0 Å². The van der Waals surface area contributed by atoms with Crippen LogP contribution in [0.1, 0.15) is 32.6 Å². The summed E-state index contributed by atoms with van der Waals surface area (Å²) in [6.07, 6.45) is 5.46. The van der Waals surface area contributed by atoms with Gasteiger partial charge in [-0.2, -0.15) is 0 Å². The minimum atomic E-state index is 0.292. The fraction of sp³-hybridized carbons (Fsp3) is 0.615.